The zero-order valence-corrected chi connectivity index (χ0v) is 11.7. The van der Waals surface area contributed by atoms with Gasteiger partial charge >= 0.3 is 0 Å². The monoisotopic (exact) mass is 251 g/mol. The number of rotatable bonds is 7. The number of anilines is 1. The highest BCUT2D eigenvalue weighted by molar-refractivity contribution is 5.43. The van der Waals surface area contributed by atoms with Gasteiger partial charge in [-0.05, 0) is 37.5 Å². The Morgan fingerprint density at radius 2 is 2.00 bits per heavy atom. The standard InChI is InChI=1S/C14H25N3O/c1-4-13(5-2)17(6-7-18)14-9-12(10-15)8-11(3)16-14/h8-9,13,18H,4-7,10,15H2,1-3H3. The highest BCUT2D eigenvalue weighted by atomic mass is 16.3. The van der Waals surface area contributed by atoms with Crippen molar-refractivity contribution in [1.82, 2.24) is 4.98 Å². The van der Waals surface area contributed by atoms with E-state index in [2.05, 4.69) is 23.7 Å². The third-order valence-corrected chi connectivity index (χ3v) is 3.25. The van der Waals surface area contributed by atoms with Crippen LogP contribution in [-0.2, 0) is 6.54 Å². The molecule has 0 radical (unpaired) electrons. The first-order valence-electron chi connectivity index (χ1n) is 6.71. The van der Waals surface area contributed by atoms with Gasteiger partial charge in [0.2, 0.25) is 0 Å². The summed E-state index contributed by atoms with van der Waals surface area (Å²) in [6.45, 7) is 7.59. The molecule has 4 heteroatoms. The summed E-state index contributed by atoms with van der Waals surface area (Å²) in [7, 11) is 0. The minimum absolute atomic E-state index is 0.143. The second-order valence-electron chi connectivity index (χ2n) is 4.57. The SMILES string of the molecule is CCC(CC)N(CCO)c1cc(CN)cc(C)n1. The van der Waals surface area contributed by atoms with Crippen molar-refractivity contribution in [3.63, 3.8) is 0 Å². The Kier molecular flexibility index (Phi) is 6.09. The van der Waals surface area contributed by atoms with Gasteiger partial charge in [0.05, 0.1) is 6.61 Å². The van der Waals surface area contributed by atoms with Gasteiger partial charge in [0.1, 0.15) is 5.82 Å². The summed E-state index contributed by atoms with van der Waals surface area (Å²) in [5, 5.41) is 9.24. The normalized spacial score (nSPS) is 11.0. The van der Waals surface area contributed by atoms with E-state index in [0.29, 0.717) is 19.1 Å². The molecule has 0 saturated carbocycles. The number of aliphatic hydroxyl groups excluding tert-OH is 1. The van der Waals surface area contributed by atoms with E-state index in [1.165, 1.54) is 0 Å². The van der Waals surface area contributed by atoms with Crippen LogP contribution in [0, 0.1) is 6.92 Å². The average Bonchev–Trinajstić information content (AvgIpc) is 2.38. The summed E-state index contributed by atoms with van der Waals surface area (Å²) in [5.41, 5.74) is 7.77. The van der Waals surface area contributed by atoms with E-state index in [4.69, 9.17) is 5.73 Å². The fourth-order valence-electron chi connectivity index (χ4n) is 2.31. The number of nitrogens with zero attached hydrogens (tertiary/aromatic N) is 2. The van der Waals surface area contributed by atoms with E-state index in [0.717, 1.165) is 29.9 Å². The first-order valence-corrected chi connectivity index (χ1v) is 6.71. The summed E-state index contributed by atoms with van der Waals surface area (Å²) >= 11 is 0. The molecule has 1 rings (SSSR count). The topological polar surface area (TPSA) is 62.4 Å². The minimum Gasteiger partial charge on any atom is -0.395 e. The molecule has 4 nitrogen and oxygen atoms in total. The number of hydrogen-bond donors (Lipinski definition) is 2. The molecular weight excluding hydrogens is 226 g/mol. The number of aryl methyl sites for hydroxylation is 1. The molecule has 3 N–H and O–H groups in total. The molecule has 0 aliphatic rings. The maximum atomic E-state index is 9.24. The molecule has 0 atom stereocenters. The van der Waals surface area contributed by atoms with Crippen molar-refractivity contribution >= 4 is 5.82 Å². The van der Waals surface area contributed by atoms with Crippen molar-refractivity contribution in [1.29, 1.82) is 0 Å². The van der Waals surface area contributed by atoms with Crippen molar-refractivity contribution in [2.45, 2.75) is 46.2 Å². The zero-order valence-electron chi connectivity index (χ0n) is 11.7. The predicted molar refractivity (Wildman–Crippen MR) is 75.7 cm³/mol. The Bertz CT molecular complexity index is 364. The van der Waals surface area contributed by atoms with Crippen molar-refractivity contribution in [3.05, 3.63) is 23.4 Å². The van der Waals surface area contributed by atoms with E-state index in [-0.39, 0.29) is 6.61 Å². The number of aliphatic hydroxyl groups is 1. The summed E-state index contributed by atoms with van der Waals surface area (Å²) in [5.74, 6) is 0.929. The molecule has 0 bridgehead atoms. The van der Waals surface area contributed by atoms with Gasteiger partial charge in [-0.15, -0.1) is 0 Å². The van der Waals surface area contributed by atoms with Gasteiger partial charge in [-0.1, -0.05) is 13.8 Å². The molecule has 0 aromatic carbocycles. The first kappa shape index (κ1) is 14.9. The maximum absolute atomic E-state index is 9.24. The molecule has 0 aliphatic carbocycles. The van der Waals surface area contributed by atoms with Gasteiger partial charge in [-0.2, -0.15) is 0 Å². The van der Waals surface area contributed by atoms with Gasteiger partial charge < -0.3 is 15.7 Å². The van der Waals surface area contributed by atoms with Crippen LogP contribution in [-0.4, -0.2) is 29.3 Å². The van der Waals surface area contributed by atoms with Crippen LogP contribution in [0.1, 0.15) is 37.9 Å². The summed E-state index contributed by atoms with van der Waals surface area (Å²) in [4.78, 5) is 6.76. The molecule has 18 heavy (non-hydrogen) atoms. The Morgan fingerprint density at radius 3 is 2.50 bits per heavy atom. The van der Waals surface area contributed by atoms with E-state index < -0.39 is 0 Å². The van der Waals surface area contributed by atoms with Gasteiger partial charge in [-0.25, -0.2) is 4.98 Å². The fourth-order valence-corrected chi connectivity index (χ4v) is 2.31. The molecule has 1 aromatic heterocycles. The molecule has 0 aliphatic heterocycles. The second kappa shape index (κ2) is 7.34. The second-order valence-corrected chi connectivity index (χ2v) is 4.57. The lowest BCUT2D eigenvalue weighted by Gasteiger charge is -2.31. The molecule has 1 heterocycles. The lowest BCUT2D eigenvalue weighted by atomic mass is 10.1. The Morgan fingerprint density at radius 1 is 1.33 bits per heavy atom. The lowest BCUT2D eigenvalue weighted by molar-refractivity contribution is 0.295. The molecule has 102 valence electrons. The van der Waals surface area contributed by atoms with Gasteiger partial charge in [0.25, 0.3) is 0 Å². The highest BCUT2D eigenvalue weighted by Gasteiger charge is 2.17. The molecule has 0 spiro atoms. The predicted octanol–water partition coefficient (Wildman–Crippen LogP) is 1.84. The largest absolute Gasteiger partial charge is 0.395 e. The van der Waals surface area contributed by atoms with E-state index in [9.17, 15) is 5.11 Å². The fraction of sp³-hybridized carbons (Fsp3) is 0.643. The zero-order chi connectivity index (χ0) is 13.5. The van der Waals surface area contributed by atoms with Crippen LogP contribution >= 0.6 is 0 Å². The smallest absolute Gasteiger partial charge is 0.129 e. The van der Waals surface area contributed by atoms with Gasteiger partial charge in [0, 0.05) is 24.8 Å². The number of hydrogen-bond acceptors (Lipinski definition) is 4. The van der Waals surface area contributed by atoms with Crippen molar-refractivity contribution < 1.29 is 5.11 Å². The van der Waals surface area contributed by atoms with Gasteiger partial charge in [-0.3, -0.25) is 0 Å². The molecule has 0 saturated heterocycles. The average molecular weight is 251 g/mol. The molecule has 1 aromatic rings. The Hall–Kier alpha value is -1.13. The molecule has 0 amide bonds. The summed E-state index contributed by atoms with van der Waals surface area (Å²) in [6.07, 6.45) is 2.09. The Labute approximate surface area is 110 Å². The van der Waals surface area contributed by atoms with Crippen molar-refractivity contribution in [2.75, 3.05) is 18.1 Å². The quantitative estimate of drug-likeness (QED) is 0.776. The van der Waals surface area contributed by atoms with Crippen LogP contribution in [0.2, 0.25) is 0 Å². The van der Waals surface area contributed by atoms with E-state index >= 15 is 0 Å². The maximum Gasteiger partial charge on any atom is 0.129 e. The van der Waals surface area contributed by atoms with Crippen LogP contribution in [0.3, 0.4) is 0 Å². The molecule has 0 unspecified atom stereocenters. The van der Waals surface area contributed by atoms with Crippen LogP contribution < -0.4 is 10.6 Å². The third-order valence-electron chi connectivity index (χ3n) is 3.25. The van der Waals surface area contributed by atoms with Crippen molar-refractivity contribution in [3.8, 4) is 0 Å². The molecule has 0 fully saturated rings. The summed E-state index contributed by atoms with van der Waals surface area (Å²) in [6, 6.07) is 4.45. The Balaban J connectivity index is 3.07. The lowest BCUT2D eigenvalue weighted by Crippen LogP contribution is -2.37. The van der Waals surface area contributed by atoms with Gasteiger partial charge in [0.15, 0.2) is 0 Å². The number of nitrogens with two attached hydrogens (primary N) is 1. The number of aromatic nitrogens is 1. The molecular formula is C14H25N3O. The van der Waals surface area contributed by atoms with E-state index in [1.54, 1.807) is 0 Å². The third kappa shape index (κ3) is 3.68. The first-order chi connectivity index (χ1) is 8.65. The van der Waals surface area contributed by atoms with E-state index in [1.807, 2.05) is 19.1 Å². The summed E-state index contributed by atoms with van der Waals surface area (Å²) < 4.78 is 0. The van der Waals surface area contributed by atoms with Crippen LogP contribution in [0.5, 0.6) is 0 Å². The van der Waals surface area contributed by atoms with Crippen LogP contribution in [0.25, 0.3) is 0 Å². The van der Waals surface area contributed by atoms with Crippen LogP contribution in [0.4, 0.5) is 5.82 Å². The number of pyridine rings is 1. The van der Waals surface area contributed by atoms with Crippen LogP contribution in [0.15, 0.2) is 12.1 Å². The highest BCUT2D eigenvalue weighted by Crippen LogP contribution is 2.20. The van der Waals surface area contributed by atoms with Crippen molar-refractivity contribution in [2.24, 2.45) is 5.73 Å². The minimum atomic E-state index is 0.143.